The number of rotatable bonds is 9. The molecule has 1 aromatic rings. The van der Waals surface area contributed by atoms with Crippen molar-refractivity contribution >= 4 is 14.0 Å². The summed E-state index contributed by atoms with van der Waals surface area (Å²) in [6, 6.07) is 9.41. The molecular formula is C14H21NO4P+. The van der Waals surface area contributed by atoms with Crippen molar-refractivity contribution in [3.63, 3.8) is 0 Å². The summed E-state index contributed by atoms with van der Waals surface area (Å²) in [5, 5.41) is 11.9. The fraction of sp³-hybridized carbons (Fsp3) is 0.500. The molecule has 0 aliphatic rings. The summed E-state index contributed by atoms with van der Waals surface area (Å²) in [6.45, 7) is 4.13. The highest BCUT2D eigenvalue weighted by molar-refractivity contribution is 7.33. The van der Waals surface area contributed by atoms with Crippen molar-refractivity contribution in [2.45, 2.75) is 39.2 Å². The van der Waals surface area contributed by atoms with Crippen LogP contribution in [0.5, 0.6) is 0 Å². The van der Waals surface area contributed by atoms with E-state index < -0.39 is 14.4 Å². The van der Waals surface area contributed by atoms with Gasteiger partial charge in [-0.05, 0) is 18.9 Å². The molecule has 5 nitrogen and oxygen atoms in total. The van der Waals surface area contributed by atoms with Crippen molar-refractivity contribution in [2.24, 2.45) is 5.16 Å². The monoisotopic (exact) mass is 298 g/mol. The van der Waals surface area contributed by atoms with Gasteiger partial charge in [-0.3, -0.25) is 0 Å². The molecule has 1 aromatic carbocycles. The maximum absolute atomic E-state index is 11.8. The summed E-state index contributed by atoms with van der Waals surface area (Å²) >= 11 is 0. The molecule has 20 heavy (non-hydrogen) atoms. The number of benzene rings is 1. The molecule has 0 radical (unpaired) electrons. The van der Waals surface area contributed by atoms with E-state index >= 15 is 0 Å². The molecule has 0 aliphatic heterocycles. The van der Waals surface area contributed by atoms with Crippen LogP contribution >= 0.6 is 8.25 Å². The van der Waals surface area contributed by atoms with Crippen LogP contribution in [0.1, 0.15) is 44.8 Å². The van der Waals surface area contributed by atoms with E-state index in [0.29, 0.717) is 18.7 Å². The van der Waals surface area contributed by atoms with Gasteiger partial charge < -0.3 is 5.21 Å². The Labute approximate surface area is 120 Å². The molecule has 0 aliphatic carbocycles. The number of hydrogen-bond acceptors (Lipinski definition) is 5. The van der Waals surface area contributed by atoms with Gasteiger partial charge in [-0.15, -0.1) is 9.05 Å². The van der Waals surface area contributed by atoms with Gasteiger partial charge in [0.05, 0.1) is 5.71 Å². The minimum absolute atomic E-state index is 0.360. The zero-order valence-electron chi connectivity index (χ0n) is 11.9. The van der Waals surface area contributed by atoms with E-state index in [0.717, 1.165) is 18.4 Å². The zero-order chi connectivity index (χ0) is 14.8. The van der Waals surface area contributed by atoms with E-state index in [1.807, 2.05) is 37.3 Å². The smallest absolute Gasteiger partial charge is 0.411 e. The average Bonchev–Trinajstić information content (AvgIpc) is 2.47. The molecule has 1 N–H and O–H groups in total. The van der Waals surface area contributed by atoms with Crippen molar-refractivity contribution < 1.29 is 18.8 Å². The van der Waals surface area contributed by atoms with E-state index in [-0.39, 0.29) is 0 Å². The first-order valence-electron chi connectivity index (χ1n) is 6.66. The van der Waals surface area contributed by atoms with E-state index in [9.17, 15) is 4.57 Å². The summed E-state index contributed by atoms with van der Waals surface area (Å²) in [7, 11) is -2.18. The minimum atomic E-state index is -2.18. The van der Waals surface area contributed by atoms with Crippen LogP contribution in [-0.2, 0) is 13.6 Å². The SMILES string of the molecule is CCCCO[P+](=O)OC(CC(C)=NO)c1ccccc1. The van der Waals surface area contributed by atoms with Gasteiger partial charge in [-0.1, -0.05) is 48.8 Å². The highest BCUT2D eigenvalue weighted by Crippen LogP contribution is 2.35. The van der Waals surface area contributed by atoms with Crippen LogP contribution in [0.25, 0.3) is 0 Å². The molecule has 2 atom stereocenters. The second kappa shape index (κ2) is 9.59. The second-order valence-corrected chi connectivity index (χ2v) is 5.37. The van der Waals surface area contributed by atoms with Gasteiger partial charge in [0.2, 0.25) is 0 Å². The van der Waals surface area contributed by atoms with E-state index in [2.05, 4.69) is 5.16 Å². The molecule has 0 aromatic heterocycles. The van der Waals surface area contributed by atoms with Gasteiger partial charge in [0.15, 0.2) is 0 Å². The van der Waals surface area contributed by atoms with Crippen molar-refractivity contribution in [3.8, 4) is 0 Å². The third kappa shape index (κ3) is 6.24. The lowest BCUT2D eigenvalue weighted by Gasteiger charge is -2.10. The maximum Gasteiger partial charge on any atom is 0.698 e. The Morgan fingerprint density at radius 3 is 2.70 bits per heavy atom. The molecule has 0 amide bonds. The Morgan fingerprint density at radius 1 is 1.40 bits per heavy atom. The molecule has 0 spiro atoms. The maximum atomic E-state index is 11.8. The van der Waals surface area contributed by atoms with Crippen LogP contribution in [0, 0.1) is 0 Å². The molecule has 6 heteroatoms. The van der Waals surface area contributed by atoms with Crippen LogP contribution in [-0.4, -0.2) is 17.5 Å². The zero-order valence-corrected chi connectivity index (χ0v) is 12.8. The molecule has 110 valence electrons. The molecule has 0 saturated heterocycles. The van der Waals surface area contributed by atoms with Crippen molar-refractivity contribution in [2.75, 3.05) is 6.61 Å². The Morgan fingerprint density at radius 2 is 2.10 bits per heavy atom. The number of unbranched alkanes of at least 4 members (excludes halogenated alkanes) is 1. The van der Waals surface area contributed by atoms with Crippen LogP contribution < -0.4 is 0 Å². The first-order chi connectivity index (χ1) is 9.67. The van der Waals surface area contributed by atoms with Gasteiger partial charge in [-0.2, -0.15) is 0 Å². The molecule has 0 saturated carbocycles. The fourth-order valence-electron chi connectivity index (χ4n) is 1.61. The largest absolute Gasteiger partial charge is 0.698 e. The van der Waals surface area contributed by atoms with E-state index in [4.69, 9.17) is 14.3 Å². The normalized spacial score (nSPS) is 14.1. The molecule has 0 fully saturated rings. The minimum Gasteiger partial charge on any atom is -0.411 e. The quantitative estimate of drug-likeness (QED) is 0.240. The Kier molecular flexibility index (Phi) is 8.04. The van der Waals surface area contributed by atoms with Gasteiger partial charge in [0, 0.05) is 11.0 Å². The lowest BCUT2D eigenvalue weighted by Crippen LogP contribution is -2.06. The summed E-state index contributed by atoms with van der Waals surface area (Å²) in [5.41, 5.74) is 1.38. The number of hydrogen-bond donors (Lipinski definition) is 1. The molecular weight excluding hydrogens is 277 g/mol. The first kappa shape index (κ1) is 16.8. The summed E-state index contributed by atoms with van der Waals surface area (Å²) in [6.07, 6.45) is 1.73. The van der Waals surface area contributed by atoms with Crippen molar-refractivity contribution in [1.82, 2.24) is 0 Å². The van der Waals surface area contributed by atoms with Crippen molar-refractivity contribution in [3.05, 3.63) is 35.9 Å². The number of oxime groups is 1. The summed E-state index contributed by atoms with van der Waals surface area (Å²) in [4.78, 5) is 0. The molecule has 0 heterocycles. The third-order valence-electron chi connectivity index (χ3n) is 2.73. The highest BCUT2D eigenvalue weighted by atomic mass is 31.1. The Bertz CT molecular complexity index is 436. The van der Waals surface area contributed by atoms with Gasteiger partial charge in [0.1, 0.15) is 12.7 Å². The Balaban J connectivity index is 2.66. The second-order valence-electron chi connectivity index (χ2n) is 4.45. The average molecular weight is 298 g/mol. The highest BCUT2D eigenvalue weighted by Gasteiger charge is 2.29. The predicted octanol–water partition coefficient (Wildman–Crippen LogP) is 4.46. The molecule has 1 rings (SSSR count). The van der Waals surface area contributed by atoms with Crippen molar-refractivity contribution in [1.29, 1.82) is 0 Å². The standard InChI is InChI=1S/C14H20NO4P/c1-3-4-10-18-20(17)19-14(11-12(2)15-16)13-8-6-5-7-9-13/h5-9,14H,3-4,10-11H2,1-2H3/p+1. The fourth-order valence-corrected chi connectivity index (χ4v) is 2.35. The van der Waals surface area contributed by atoms with E-state index in [1.165, 1.54) is 0 Å². The van der Waals surface area contributed by atoms with Gasteiger partial charge in [-0.25, -0.2) is 0 Å². The third-order valence-corrected chi connectivity index (χ3v) is 3.55. The summed E-state index contributed by atoms with van der Waals surface area (Å²) < 4.78 is 22.4. The molecule has 2 unspecified atom stereocenters. The van der Waals surface area contributed by atoms with Crippen LogP contribution in [0.15, 0.2) is 35.5 Å². The number of nitrogens with zero attached hydrogens (tertiary/aromatic N) is 1. The van der Waals surface area contributed by atoms with Crippen LogP contribution in [0.4, 0.5) is 0 Å². The molecule has 0 bridgehead atoms. The van der Waals surface area contributed by atoms with E-state index in [1.54, 1.807) is 6.92 Å². The van der Waals surface area contributed by atoms with Crippen LogP contribution in [0.2, 0.25) is 0 Å². The topological polar surface area (TPSA) is 68.1 Å². The Hall–Kier alpha value is -1.29. The summed E-state index contributed by atoms with van der Waals surface area (Å²) in [5.74, 6) is 0. The van der Waals surface area contributed by atoms with Crippen LogP contribution in [0.3, 0.4) is 0 Å². The lowest BCUT2D eigenvalue weighted by atomic mass is 10.0. The predicted molar refractivity (Wildman–Crippen MR) is 78.2 cm³/mol. The van der Waals surface area contributed by atoms with Gasteiger partial charge in [0.25, 0.3) is 0 Å². The first-order valence-corrected chi connectivity index (χ1v) is 7.76. The lowest BCUT2D eigenvalue weighted by molar-refractivity contribution is 0.167. The van der Waals surface area contributed by atoms with Gasteiger partial charge >= 0.3 is 8.25 Å².